The van der Waals surface area contributed by atoms with Crippen LogP contribution in [0.2, 0.25) is 0 Å². The van der Waals surface area contributed by atoms with E-state index in [4.69, 9.17) is 5.73 Å². The summed E-state index contributed by atoms with van der Waals surface area (Å²) >= 11 is 0. The Balaban J connectivity index is 2.69. The lowest BCUT2D eigenvalue weighted by atomic mass is 10.3. The molecule has 2 rings (SSSR count). The van der Waals surface area contributed by atoms with Crippen LogP contribution in [0.4, 0.5) is 5.95 Å². The number of hydrogen-bond donors (Lipinski definition) is 2. The Hall–Kier alpha value is -2.18. The number of nitrogens with two attached hydrogens (primary N) is 1. The number of aromatic amines is 1. The molecule has 7 nitrogen and oxygen atoms in total. The third-order valence-corrected chi connectivity index (χ3v) is 2.20. The topological polar surface area (TPSA) is 107 Å². The molecule has 0 aliphatic heterocycles. The van der Waals surface area contributed by atoms with E-state index in [0.717, 1.165) is 4.57 Å². The number of nitrogens with one attached hydrogen (secondary N) is 1. The Labute approximate surface area is 90.3 Å². The highest BCUT2D eigenvalue weighted by Gasteiger charge is 2.15. The zero-order chi connectivity index (χ0) is 11.7. The van der Waals surface area contributed by atoms with Crippen LogP contribution in [0.3, 0.4) is 0 Å². The number of anilines is 1. The zero-order valence-corrected chi connectivity index (χ0v) is 8.73. The summed E-state index contributed by atoms with van der Waals surface area (Å²) in [6.45, 7) is 1.85. The molecule has 0 radical (unpaired) electrons. The van der Waals surface area contributed by atoms with Gasteiger partial charge < -0.3 is 10.7 Å². The minimum atomic E-state index is -0.501. The van der Waals surface area contributed by atoms with Gasteiger partial charge in [0.05, 0.1) is 6.33 Å². The van der Waals surface area contributed by atoms with Gasteiger partial charge in [0.25, 0.3) is 5.56 Å². The Morgan fingerprint density at radius 1 is 1.62 bits per heavy atom. The standard InChI is InChI=1S/C9H11N5O2/c1-2-3-5(15)14-8(16)6-7(12-4-11-6)13-9(14)10/h4H,2-3H2,1H3,(H2,10,13)(H,11,12). The first-order valence-electron chi connectivity index (χ1n) is 4.90. The van der Waals surface area contributed by atoms with Crippen LogP contribution in [0, 0.1) is 0 Å². The zero-order valence-electron chi connectivity index (χ0n) is 8.73. The van der Waals surface area contributed by atoms with Gasteiger partial charge in [0.2, 0.25) is 11.9 Å². The molecule has 0 spiro atoms. The average molecular weight is 221 g/mol. The van der Waals surface area contributed by atoms with E-state index in [-0.39, 0.29) is 29.4 Å². The number of H-pyrrole nitrogens is 1. The minimum absolute atomic E-state index is 0.122. The number of rotatable bonds is 2. The van der Waals surface area contributed by atoms with Crippen LogP contribution in [0.15, 0.2) is 11.1 Å². The molecular weight excluding hydrogens is 210 g/mol. The summed E-state index contributed by atoms with van der Waals surface area (Å²) < 4.78 is 0.879. The van der Waals surface area contributed by atoms with Crippen molar-refractivity contribution in [1.82, 2.24) is 19.5 Å². The molecule has 0 saturated carbocycles. The Bertz CT molecular complexity index is 597. The fraction of sp³-hybridized carbons (Fsp3) is 0.333. The number of aromatic nitrogens is 4. The van der Waals surface area contributed by atoms with Gasteiger partial charge in [-0.2, -0.15) is 4.98 Å². The predicted molar refractivity (Wildman–Crippen MR) is 58.1 cm³/mol. The summed E-state index contributed by atoms with van der Waals surface area (Å²) in [5, 5.41) is 0. The van der Waals surface area contributed by atoms with Crippen LogP contribution in [0.5, 0.6) is 0 Å². The Morgan fingerprint density at radius 2 is 2.38 bits per heavy atom. The van der Waals surface area contributed by atoms with Crippen LogP contribution in [-0.2, 0) is 0 Å². The summed E-state index contributed by atoms with van der Waals surface area (Å²) in [6, 6.07) is 0. The maximum absolute atomic E-state index is 11.9. The first-order valence-corrected chi connectivity index (χ1v) is 4.90. The number of fused-ring (bicyclic) bond motifs is 1. The Morgan fingerprint density at radius 3 is 3.06 bits per heavy atom. The fourth-order valence-corrected chi connectivity index (χ4v) is 1.47. The average Bonchev–Trinajstić information content (AvgIpc) is 2.66. The van der Waals surface area contributed by atoms with Crippen molar-refractivity contribution in [3.8, 4) is 0 Å². The molecule has 2 aromatic rings. The van der Waals surface area contributed by atoms with E-state index in [2.05, 4.69) is 15.0 Å². The van der Waals surface area contributed by atoms with Crippen molar-refractivity contribution in [3.63, 3.8) is 0 Å². The van der Waals surface area contributed by atoms with Crippen LogP contribution in [0.25, 0.3) is 11.2 Å². The van der Waals surface area contributed by atoms with Crippen molar-refractivity contribution in [2.45, 2.75) is 19.8 Å². The summed E-state index contributed by atoms with van der Waals surface area (Å²) in [6.07, 6.45) is 2.24. The molecule has 0 fully saturated rings. The number of nitrogens with zero attached hydrogens (tertiary/aromatic N) is 3. The molecule has 2 heterocycles. The third kappa shape index (κ3) is 1.46. The molecule has 0 saturated heterocycles. The number of imidazole rings is 1. The lowest BCUT2D eigenvalue weighted by Crippen LogP contribution is -2.30. The van der Waals surface area contributed by atoms with Crippen LogP contribution in [-0.4, -0.2) is 25.4 Å². The number of hydrogen-bond acceptors (Lipinski definition) is 5. The van der Waals surface area contributed by atoms with Gasteiger partial charge in [-0.3, -0.25) is 9.59 Å². The van der Waals surface area contributed by atoms with Gasteiger partial charge in [0.1, 0.15) is 0 Å². The van der Waals surface area contributed by atoms with E-state index in [9.17, 15) is 9.59 Å². The summed E-state index contributed by atoms with van der Waals surface area (Å²) in [4.78, 5) is 33.9. The highest BCUT2D eigenvalue weighted by atomic mass is 16.2. The van der Waals surface area contributed by atoms with Gasteiger partial charge in [-0.1, -0.05) is 6.92 Å². The summed E-state index contributed by atoms with van der Waals surface area (Å²) in [5.74, 6) is -0.475. The van der Waals surface area contributed by atoms with E-state index in [1.807, 2.05) is 6.92 Å². The van der Waals surface area contributed by atoms with E-state index in [1.54, 1.807) is 0 Å². The number of nitrogen functional groups attached to an aromatic ring is 1. The maximum atomic E-state index is 11.9. The molecule has 0 amide bonds. The molecule has 0 bridgehead atoms. The second kappa shape index (κ2) is 3.76. The molecule has 7 heteroatoms. The van der Waals surface area contributed by atoms with Crippen LogP contribution < -0.4 is 11.3 Å². The second-order valence-corrected chi connectivity index (χ2v) is 3.36. The van der Waals surface area contributed by atoms with Gasteiger partial charge in [-0.15, -0.1) is 0 Å². The van der Waals surface area contributed by atoms with Crippen molar-refractivity contribution >= 4 is 23.0 Å². The Kier molecular flexibility index (Phi) is 2.43. The highest BCUT2D eigenvalue weighted by Crippen LogP contribution is 2.05. The van der Waals surface area contributed by atoms with Gasteiger partial charge in [-0.05, 0) is 6.42 Å². The molecule has 0 aliphatic rings. The maximum Gasteiger partial charge on any atom is 0.287 e. The first-order chi connectivity index (χ1) is 7.65. The van der Waals surface area contributed by atoms with E-state index in [0.29, 0.717) is 6.42 Å². The smallest absolute Gasteiger partial charge is 0.287 e. The predicted octanol–water partition coefficient (Wildman–Crippen LogP) is 0.142. The van der Waals surface area contributed by atoms with Crippen molar-refractivity contribution in [2.24, 2.45) is 0 Å². The highest BCUT2D eigenvalue weighted by molar-refractivity contribution is 5.84. The lowest BCUT2D eigenvalue weighted by molar-refractivity contribution is 0.0900. The monoisotopic (exact) mass is 221 g/mol. The van der Waals surface area contributed by atoms with E-state index >= 15 is 0 Å². The van der Waals surface area contributed by atoms with Crippen molar-refractivity contribution in [2.75, 3.05) is 5.73 Å². The molecular formula is C9H11N5O2. The third-order valence-electron chi connectivity index (χ3n) is 2.20. The summed E-state index contributed by atoms with van der Waals surface area (Å²) in [5.41, 5.74) is 5.47. The molecule has 84 valence electrons. The largest absolute Gasteiger partial charge is 0.369 e. The molecule has 0 unspecified atom stereocenters. The van der Waals surface area contributed by atoms with Crippen LogP contribution in [0.1, 0.15) is 24.6 Å². The van der Waals surface area contributed by atoms with Gasteiger partial charge >= 0.3 is 0 Å². The molecule has 0 aliphatic carbocycles. The molecule has 16 heavy (non-hydrogen) atoms. The molecule has 2 aromatic heterocycles. The minimum Gasteiger partial charge on any atom is -0.369 e. The van der Waals surface area contributed by atoms with Crippen molar-refractivity contribution in [1.29, 1.82) is 0 Å². The number of carbonyl (C=O) groups is 1. The van der Waals surface area contributed by atoms with Gasteiger partial charge in [0.15, 0.2) is 11.2 Å². The van der Waals surface area contributed by atoms with Crippen LogP contribution >= 0.6 is 0 Å². The second-order valence-electron chi connectivity index (χ2n) is 3.36. The molecule has 0 aromatic carbocycles. The van der Waals surface area contributed by atoms with Crippen molar-refractivity contribution < 1.29 is 4.79 Å². The SMILES string of the molecule is CCCC(=O)n1c(N)nc2nc[nH]c2c1=O. The quantitative estimate of drug-likeness (QED) is 0.750. The van der Waals surface area contributed by atoms with Crippen molar-refractivity contribution in [3.05, 3.63) is 16.7 Å². The van der Waals surface area contributed by atoms with E-state index in [1.165, 1.54) is 6.33 Å². The molecule has 0 atom stereocenters. The van der Waals surface area contributed by atoms with Gasteiger partial charge in [0, 0.05) is 6.42 Å². The first kappa shape index (κ1) is 10.3. The van der Waals surface area contributed by atoms with E-state index < -0.39 is 5.56 Å². The normalized spacial score (nSPS) is 10.8. The summed E-state index contributed by atoms with van der Waals surface area (Å²) in [7, 11) is 0. The number of carbonyl (C=O) groups excluding carboxylic acids is 1. The van der Waals surface area contributed by atoms with Gasteiger partial charge in [-0.25, -0.2) is 9.55 Å². The lowest BCUT2D eigenvalue weighted by Gasteiger charge is -2.05. The molecule has 3 N–H and O–H groups in total. The fourth-order valence-electron chi connectivity index (χ4n) is 1.47.